The first-order chi connectivity index (χ1) is 17.6. The lowest BCUT2D eigenvalue weighted by molar-refractivity contribution is 0.0859. The maximum atomic E-state index is 15.7. The van der Waals surface area contributed by atoms with Crippen LogP contribution in [0.1, 0.15) is 41.3 Å². The minimum atomic E-state index is -2.70. The number of rotatable bonds is 4. The Kier molecular flexibility index (Phi) is 3.30. The van der Waals surface area contributed by atoms with E-state index in [1.807, 2.05) is 6.92 Å². The average Bonchev–Trinajstić information content (AvgIpc) is 3.41. The van der Waals surface area contributed by atoms with Gasteiger partial charge in [-0.15, -0.1) is 20.4 Å². The average molecular weight is 446 g/mol. The summed E-state index contributed by atoms with van der Waals surface area (Å²) in [6.45, 7) is -1.55. The number of tetrazole rings is 1. The summed E-state index contributed by atoms with van der Waals surface area (Å²) in [4.78, 5) is 5.68. The standard InChI is InChI=1S/C21H26FN9O/c1-20-7-8-21(2,28-20)17(22)14(10-20)30(3)16-11-23-19(25-24-16)13-6-5-12(9-15(13)32)18-26-29-31(4)27-18/h5-6,9,11,14,17,28,32H,7-8,10H2,1-4H3/t14-,17-,20-,21+/m0/s1/i3D3,4D3. The van der Waals surface area contributed by atoms with Gasteiger partial charge in [0.25, 0.3) is 0 Å². The quantitative estimate of drug-likeness (QED) is 0.620. The number of nitrogens with zero attached hydrogens (tertiary/aromatic N) is 8. The van der Waals surface area contributed by atoms with Gasteiger partial charge in [-0.2, -0.15) is 4.80 Å². The zero-order chi connectivity index (χ0) is 27.7. The van der Waals surface area contributed by atoms with E-state index in [1.165, 1.54) is 24.4 Å². The fraction of sp³-hybridized carbons (Fsp3) is 0.524. The Morgan fingerprint density at radius 2 is 2.12 bits per heavy atom. The van der Waals surface area contributed by atoms with E-state index in [2.05, 4.69) is 35.9 Å². The second-order valence-corrected chi connectivity index (χ2v) is 8.92. The first-order valence-corrected chi connectivity index (χ1v) is 10.2. The number of phenols is 1. The molecule has 0 radical (unpaired) electrons. The van der Waals surface area contributed by atoms with E-state index < -0.39 is 37.2 Å². The zero-order valence-electron chi connectivity index (χ0n) is 23.5. The molecule has 3 aromatic rings. The highest BCUT2D eigenvalue weighted by atomic mass is 19.1. The third kappa shape index (κ3) is 3.36. The van der Waals surface area contributed by atoms with Crippen LogP contribution in [0.25, 0.3) is 22.8 Å². The Bertz CT molecular complexity index is 1350. The normalized spacial score (nSPS) is 32.8. The molecule has 4 atom stereocenters. The van der Waals surface area contributed by atoms with Crippen molar-refractivity contribution in [2.24, 2.45) is 6.98 Å². The number of aromatic hydroxyl groups is 1. The van der Waals surface area contributed by atoms with Crippen LogP contribution in [0, 0.1) is 0 Å². The van der Waals surface area contributed by atoms with Gasteiger partial charge < -0.3 is 15.3 Å². The van der Waals surface area contributed by atoms with Crippen molar-refractivity contribution in [1.29, 1.82) is 0 Å². The molecule has 4 heterocycles. The Hall–Kier alpha value is -3.21. The third-order valence-electron chi connectivity index (χ3n) is 6.43. The van der Waals surface area contributed by atoms with Gasteiger partial charge in [-0.3, -0.25) is 0 Å². The molecule has 10 nitrogen and oxygen atoms in total. The number of benzene rings is 1. The molecule has 0 unspecified atom stereocenters. The Morgan fingerprint density at radius 3 is 2.81 bits per heavy atom. The van der Waals surface area contributed by atoms with Gasteiger partial charge in [0.1, 0.15) is 11.9 Å². The summed E-state index contributed by atoms with van der Waals surface area (Å²) in [5.41, 5.74) is -0.765. The highest BCUT2D eigenvalue weighted by molar-refractivity contribution is 5.69. The molecular formula is C21H26FN9O. The van der Waals surface area contributed by atoms with Crippen LogP contribution < -0.4 is 10.2 Å². The minimum absolute atomic E-state index is 0.00324. The summed E-state index contributed by atoms with van der Waals surface area (Å²) >= 11 is 0. The topological polar surface area (TPSA) is 118 Å². The summed E-state index contributed by atoms with van der Waals surface area (Å²) in [5.74, 6) is -0.376. The van der Waals surface area contributed by atoms with Crippen molar-refractivity contribution in [3.05, 3.63) is 24.4 Å². The van der Waals surface area contributed by atoms with Crippen LogP contribution in [0.2, 0.25) is 0 Å². The van der Waals surface area contributed by atoms with E-state index in [1.54, 1.807) is 6.92 Å². The summed E-state index contributed by atoms with van der Waals surface area (Å²) in [6.07, 6.45) is 1.33. The number of nitrogens with one attached hydrogen (secondary N) is 1. The molecule has 2 fully saturated rings. The number of alkyl halides is 1. The van der Waals surface area contributed by atoms with Crippen molar-refractivity contribution in [3.63, 3.8) is 0 Å². The smallest absolute Gasteiger partial charge is 0.205 e. The van der Waals surface area contributed by atoms with Crippen molar-refractivity contribution in [1.82, 2.24) is 40.7 Å². The van der Waals surface area contributed by atoms with Crippen LogP contribution in [0.15, 0.2) is 24.4 Å². The van der Waals surface area contributed by atoms with E-state index in [9.17, 15) is 5.11 Å². The van der Waals surface area contributed by atoms with Gasteiger partial charge >= 0.3 is 0 Å². The summed E-state index contributed by atoms with van der Waals surface area (Å²) in [5, 5.41) is 33.0. The number of hydrogen-bond donors (Lipinski definition) is 2. The number of anilines is 1. The van der Waals surface area contributed by atoms with Gasteiger partial charge in [-0.05, 0) is 50.5 Å². The molecule has 11 heteroatoms. The van der Waals surface area contributed by atoms with Crippen molar-refractivity contribution < 1.29 is 17.7 Å². The van der Waals surface area contributed by atoms with E-state index in [0.29, 0.717) is 16.8 Å². The summed E-state index contributed by atoms with van der Waals surface area (Å²) < 4.78 is 62.0. The summed E-state index contributed by atoms with van der Waals surface area (Å²) in [7, 11) is 0. The minimum Gasteiger partial charge on any atom is -0.507 e. The number of aromatic nitrogens is 7. The van der Waals surface area contributed by atoms with Crippen LogP contribution in [0.3, 0.4) is 0 Å². The molecule has 2 aliphatic heterocycles. The zero-order valence-corrected chi connectivity index (χ0v) is 17.5. The molecule has 32 heavy (non-hydrogen) atoms. The van der Waals surface area contributed by atoms with E-state index in [-0.39, 0.29) is 35.2 Å². The molecule has 2 saturated heterocycles. The lowest BCUT2D eigenvalue weighted by atomic mass is 9.82. The van der Waals surface area contributed by atoms with Crippen molar-refractivity contribution in [2.75, 3.05) is 11.9 Å². The SMILES string of the molecule is [2H]C([2H])([2H])N(c1cnc(-c2ccc(-c3nnn(C([2H])([2H])[2H])n3)cc2O)nn1)[C@H]1C[C@]2(C)CC[C@@](C)(N2)[C@H]1F. The van der Waals surface area contributed by atoms with E-state index in [4.69, 9.17) is 8.22 Å². The molecular weight excluding hydrogens is 413 g/mol. The van der Waals surface area contributed by atoms with Crippen LogP contribution >= 0.6 is 0 Å². The molecule has 0 amide bonds. The van der Waals surface area contributed by atoms with Crippen molar-refractivity contribution in [3.8, 4) is 28.5 Å². The first-order valence-electron chi connectivity index (χ1n) is 13.2. The molecule has 168 valence electrons. The molecule has 2 N–H and O–H groups in total. The summed E-state index contributed by atoms with van der Waals surface area (Å²) in [6, 6.07) is 3.30. The van der Waals surface area contributed by atoms with E-state index in [0.717, 1.165) is 11.3 Å². The molecule has 2 aliphatic rings. The van der Waals surface area contributed by atoms with Crippen molar-refractivity contribution >= 4 is 5.82 Å². The molecule has 0 spiro atoms. The number of fused-ring (bicyclic) bond motifs is 2. The van der Waals surface area contributed by atoms with E-state index >= 15 is 4.39 Å². The second kappa shape index (κ2) is 7.16. The van der Waals surface area contributed by atoms with Crippen LogP contribution in [-0.4, -0.2) is 70.8 Å². The van der Waals surface area contributed by atoms with Crippen LogP contribution in [0.5, 0.6) is 5.75 Å². The van der Waals surface area contributed by atoms with Crippen LogP contribution in [-0.2, 0) is 6.98 Å². The van der Waals surface area contributed by atoms with Gasteiger partial charge in [0.15, 0.2) is 11.6 Å². The Morgan fingerprint density at radius 1 is 1.25 bits per heavy atom. The van der Waals surface area contributed by atoms with Gasteiger partial charge in [0.2, 0.25) is 5.82 Å². The predicted octanol–water partition coefficient (Wildman–Crippen LogP) is 1.88. The molecule has 1 aromatic carbocycles. The first kappa shape index (κ1) is 14.8. The number of hydrogen-bond acceptors (Lipinski definition) is 9. The molecule has 0 aliphatic carbocycles. The highest BCUT2D eigenvalue weighted by Crippen LogP contribution is 2.45. The molecule has 2 aromatic heterocycles. The van der Waals surface area contributed by atoms with Gasteiger partial charge in [-0.25, -0.2) is 9.37 Å². The Balaban J connectivity index is 1.43. The molecule has 2 bridgehead atoms. The monoisotopic (exact) mass is 445 g/mol. The lowest BCUT2D eigenvalue weighted by Gasteiger charge is -2.47. The molecule has 0 saturated carbocycles. The fourth-order valence-electron chi connectivity index (χ4n) is 4.78. The number of aryl methyl sites for hydroxylation is 1. The van der Waals surface area contributed by atoms with Gasteiger partial charge in [0, 0.05) is 31.8 Å². The highest BCUT2D eigenvalue weighted by Gasteiger charge is 2.56. The number of halogens is 1. The van der Waals surface area contributed by atoms with Gasteiger partial charge in [-0.1, -0.05) is 6.07 Å². The largest absolute Gasteiger partial charge is 0.507 e. The third-order valence-corrected chi connectivity index (χ3v) is 6.43. The maximum Gasteiger partial charge on any atom is 0.205 e. The Labute approximate surface area is 193 Å². The lowest BCUT2D eigenvalue weighted by Crippen LogP contribution is -2.65. The van der Waals surface area contributed by atoms with Crippen molar-refractivity contribution in [2.45, 2.75) is 56.4 Å². The number of piperidine rings is 1. The number of phenolic OH excluding ortho intramolecular Hbond substituents is 1. The fourth-order valence-corrected chi connectivity index (χ4v) is 4.78. The van der Waals surface area contributed by atoms with Gasteiger partial charge in [0.05, 0.1) is 24.8 Å². The predicted molar refractivity (Wildman–Crippen MR) is 116 cm³/mol. The molecule has 5 rings (SSSR count). The van der Waals surface area contributed by atoms with Crippen LogP contribution in [0.4, 0.5) is 10.2 Å². The maximum absolute atomic E-state index is 15.7. The second-order valence-electron chi connectivity index (χ2n) is 8.92.